The molecular weight excluding hydrogens is 250 g/mol. The minimum absolute atomic E-state index is 0.424. The van der Waals surface area contributed by atoms with Gasteiger partial charge in [-0.25, -0.2) is 0 Å². The second kappa shape index (κ2) is 8.48. The minimum atomic E-state index is -0.424. The number of hydrogen-bond donors (Lipinski definition) is 1. The lowest BCUT2D eigenvalue weighted by atomic mass is 10.1. The lowest BCUT2D eigenvalue weighted by Gasteiger charge is -2.18. The Morgan fingerprint density at radius 3 is 2.56 bits per heavy atom. The van der Waals surface area contributed by atoms with Gasteiger partial charge in [0.05, 0.1) is 6.10 Å². The van der Waals surface area contributed by atoms with Gasteiger partial charge < -0.3 is 14.7 Å². The van der Waals surface area contributed by atoms with Crippen LogP contribution in [-0.2, 0) is 4.74 Å². The van der Waals surface area contributed by atoms with Crippen LogP contribution in [-0.4, -0.2) is 43.9 Å². The summed E-state index contributed by atoms with van der Waals surface area (Å²) in [6.07, 6.45) is 1.32. The van der Waals surface area contributed by atoms with Crippen molar-refractivity contribution in [2.24, 2.45) is 0 Å². The van der Waals surface area contributed by atoms with Crippen molar-refractivity contribution in [2.75, 3.05) is 33.9 Å². The van der Waals surface area contributed by atoms with Crippen molar-refractivity contribution in [3.8, 4) is 0 Å². The Labute approximate surface area is 114 Å². The first-order valence-corrected chi connectivity index (χ1v) is 6.62. The van der Waals surface area contributed by atoms with Crippen LogP contribution in [0.15, 0.2) is 24.3 Å². The molecule has 0 heterocycles. The molecule has 0 bridgehead atoms. The van der Waals surface area contributed by atoms with Crippen LogP contribution in [0.4, 0.5) is 0 Å². The van der Waals surface area contributed by atoms with Crippen molar-refractivity contribution in [3.05, 3.63) is 34.9 Å². The lowest BCUT2D eigenvalue weighted by Crippen LogP contribution is -2.23. The maximum atomic E-state index is 10.0. The minimum Gasteiger partial charge on any atom is -0.388 e. The maximum absolute atomic E-state index is 10.0. The number of nitrogens with zero attached hydrogens (tertiary/aromatic N) is 1. The molecule has 102 valence electrons. The summed E-state index contributed by atoms with van der Waals surface area (Å²) in [4.78, 5) is 2.21. The summed E-state index contributed by atoms with van der Waals surface area (Å²) >= 11 is 5.81. The molecule has 0 radical (unpaired) electrons. The molecule has 0 aliphatic rings. The first-order valence-electron chi connectivity index (χ1n) is 6.24. The Morgan fingerprint density at radius 2 is 1.94 bits per heavy atom. The number of methoxy groups -OCH3 is 1. The zero-order valence-electron chi connectivity index (χ0n) is 11.1. The molecule has 1 unspecified atom stereocenters. The predicted molar refractivity (Wildman–Crippen MR) is 75.0 cm³/mol. The fourth-order valence-electron chi connectivity index (χ4n) is 1.78. The van der Waals surface area contributed by atoms with Crippen molar-refractivity contribution >= 4 is 11.6 Å². The number of benzene rings is 1. The molecule has 0 fully saturated rings. The fraction of sp³-hybridized carbons (Fsp3) is 0.571. The summed E-state index contributed by atoms with van der Waals surface area (Å²) in [6, 6.07) is 7.36. The summed E-state index contributed by atoms with van der Waals surface area (Å²) in [6.45, 7) is 2.64. The first-order chi connectivity index (χ1) is 8.63. The molecule has 0 saturated heterocycles. The maximum Gasteiger partial charge on any atom is 0.0802 e. The number of halogens is 1. The van der Waals surface area contributed by atoms with E-state index in [1.807, 2.05) is 24.3 Å². The highest BCUT2D eigenvalue weighted by Gasteiger charge is 2.08. The zero-order chi connectivity index (χ0) is 13.4. The molecule has 18 heavy (non-hydrogen) atoms. The second-order valence-electron chi connectivity index (χ2n) is 4.51. The summed E-state index contributed by atoms with van der Waals surface area (Å²) in [5, 5.41) is 10.7. The summed E-state index contributed by atoms with van der Waals surface area (Å²) < 4.78 is 5.01. The van der Waals surface area contributed by atoms with Gasteiger partial charge in [0.2, 0.25) is 0 Å². The van der Waals surface area contributed by atoms with Gasteiger partial charge in [0.25, 0.3) is 0 Å². The average molecular weight is 272 g/mol. The third kappa shape index (κ3) is 5.83. The standard InChI is InChI=1S/C14H22ClNO2/c1-16(9-3-11-18-2)10-8-14(17)12-4-6-13(15)7-5-12/h4-7,14,17H,3,8-11H2,1-2H3. The monoisotopic (exact) mass is 271 g/mol. The molecule has 1 N–H and O–H groups in total. The van der Waals surface area contributed by atoms with Gasteiger partial charge in [-0.15, -0.1) is 0 Å². The molecule has 4 heteroatoms. The van der Waals surface area contributed by atoms with Crippen LogP contribution >= 0.6 is 11.6 Å². The predicted octanol–water partition coefficient (Wildman–Crippen LogP) is 2.73. The SMILES string of the molecule is COCCCN(C)CCC(O)c1ccc(Cl)cc1. The summed E-state index contributed by atoms with van der Waals surface area (Å²) in [5.74, 6) is 0. The smallest absolute Gasteiger partial charge is 0.0802 e. The Balaban J connectivity index is 2.27. The van der Waals surface area contributed by atoms with Crippen LogP contribution in [0.3, 0.4) is 0 Å². The Bertz CT molecular complexity index is 329. The Morgan fingerprint density at radius 1 is 1.28 bits per heavy atom. The highest BCUT2D eigenvalue weighted by atomic mass is 35.5. The highest BCUT2D eigenvalue weighted by Crippen LogP contribution is 2.19. The molecule has 0 saturated carbocycles. The van der Waals surface area contributed by atoms with Gasteiger partial charge in [-0.05, 0) is 37.6 Å². The molecule has 0 amide bonds. The van der Waals surface area contributed by atoms with Gasteiger partial charge in [-0.1, -0.05) is 23.7 Å². The van der Waals surface area contributed by atoms with Crippen LogP contribution in [0.1, 0.15) is 24.5 Å². The average Bonchev–Trinajstić information content (AvgIpc) is 2.37. The van der Waals surface area contributed by atoms with Crippen LogP contribution in [0.2, 0.25) is 5.02 Å². The quantitative estimate of drug-likeness (QED) is 0.738. The Kier molecular flexibility index (Phi) is 7.28. The van der Waals surface area contributed by atoms with Crippen molar-refractivity contribution in [1.29, 1.82) is 0 Å². The van der Waals surface area contributed by atoms with Crippen LogP contribution < -0.4 is 0 Å². The van der Waals surface area contributed by atoms with Crippen LogP contribution in [0.25, 0.3) is 0 Å². The van der Waals surface area contributed by atoms with E-state index in [4.69, 9.17) is 16.3 Å². The van der Waals surface area contributed by atoms with Crippen molar-refractivity contribution in [2.45, 2.75) is 18.9 Å². The highest BCUT2D eigenvalue weighted by molar-refractivity contribution is 6.30. The third-order valence-corrected chi connectivity index (χ3v) is 3.18. The molecule has 0 aliphatic carbocycles. The number of aliphatic hydroxyl groups is 1. The summed E-state index contributed by atoms with van der Waals surface area (Å²) in [5.41, 5.74) is 0.921. The molecule has 0 spiro atoms. The van der Waals surface area contributed by atoms with Crippen molar-refractivity contribution < 1.29 is 9.84 Å². The van der Waals surface area contributed by atoms with E-state index in [0.717, 1.165) is 38.1 Å². The van der Waals surface area contributed by atoms with E-state index in [1.165, 1.54) is 0 Å². The molecule has 0 aromatic heterocycles. The van der Waals surface area contributed by atoms with E-state index in [-0.39, 0.29) is 0 Å². The number of rotatable bonds is 8. The largest absolute Gasteiger partial charge is 0.388 e. The van der Waals surface area contributed by atoms with Gasteiger partial charge in [0.15, 0.2) is 0 Å². The lowest BCUT2D eigenvalue weighted by molar-refractivity contribution is 0.141. The molecule has 1 aromatic carbocycles. The van der Waals surface area contributed by atoms with Crippen molar-refractivity contribution in [3.63, 3.8) is 0 Å². The van der Waals surface area contributed by atoms with Crippen LogP contribution in [0.5, 0.6) is 0 Å². The number of aliphatic hydroxyl groups excluding tert-OH is 1. The summed E-state index contributed by atoms with van der Waals surface area (Å²) in [7, 11) is 3.77. The van der Waals surface area contributed by atoms with Gasteiger partial charge in [-0.3, -0.25) is 0 Å². The fourth-order valence-corrected chi connectivity index (χ4v) is 1.91. The molecule has 3 nitrogen and oxygen atoms in total. The van der Waals surface area contributed by atoms with Gasteiger partial charge in [0.1, 0.15) is 0 Å². The topological polar surface area (TPSA) is 32.7 Å². The Hall–Kier alpha value is -0.610. The zero-order valence-corrected chi connectivity index (χ0v) is 11.9. The number of ether oxygens (including phenoxy) is 1. The first kappa shape index (κ1) is 15.4. The van der Waals surface area contributed by atoms with E-state index in [2.05, 4.69) is 11.9 Å². The van der Waals surface area contributed by atoms with Gasteiger partial charge in [0, 0.05) is 31.8 Å². The van der Waals surface area contributed by atoms with Gasteiger partial charge >= 0.3 is 0 Å². The third-order valence-electron chi connectivity index (χ3n) is 2.93. The van der Waals surface area contributed by atoms with E-state index < -0.39 is 6.10 Å². The van der Waals surface area contributed by atoms with E-state index in [0.29, 0.717) is 5.02 Å². The van der Waals surface area contributed by atoms with Gasteiger partial charge in [-0.2, -0.15) is 0 Å². The molecule has 0 aliphatic heterocycles. The molecular formula is C14H22ClNO2. The van der Waals surface area contributed by atoms with E-state index in [9.17, 15) is 5.11 Å². The molecule has 1 rings (SSSR count). The molecule has 1 atom stereocenters. The molecule has 1 aromatic rings. The normalized spacial score (nSPS) is 12.9. The second-order valence-corrected chi connectivity index (χ2v) is 4.94. The number of hydrogen-bond acceptors (Lipinski definition) is 3. The van der Waals surface area contributed by atoms with Crippen molar-refractivity contribution in [1.82, 2.24) is 4.90 Å². The van der Waals surface area contributed by atoms with E-state index in [1.54, 1.807) is 7.11 Å². The van der Waals surface area contributed by atoms with Crippen LogP contribution in [0, 0.1) is 0 Å². The van der Waals surface area contributed by atoms with E-state index >= 15 is 0 Å².